The molecule has 0 aliphatic carbocycles. The van der Waals surface area contributed by atoms with Gasteiger partial charge in [-0.1, -0.05) is 35.9 Å². The van der Waals surface area contributed by atoms with Crippen molar-refractivity contribution in [2.24, 2.45) is 0 Å². The fraction of sp³-hybridized carbons (Fsp3) is 0.167. The van der Waals surface area contributed by atoms with Crippen LogP contribution in [0.4, 0.5) is 5.69 Å². The van der Waals surface area contributed by atoms with Crippen LogP contribution in [0.25, 0.3) is 11.3 Å². The Bertz CT molecular complexity index is 713. The molecule has 106 valence electrons. The van der Waals surface area contributed by atoms with Crippen LogP contribution in [0.3, 0.4) is 0 Å². The lowest BCUT2D eigenvalue weighted by molar-refractivity contribution is 1.11. The SMILES string of the molecule is Cc1ccc(C)c(CNc2ccc(-c3cnc[nH]3)cc2)c1. The summed E-state index contributed by atoms with van der Waals surface area (Å²) >= 11 is 0. The quantitative estimate of drug-likeness (QED) is 0.746. The van der Waals surface area contributed by atoms with Crippen molar-refractivity contribution in [3.8, 4) is 11.3 Å². The van der Waals surface area contributed by atoms with Gasteiger partial charge in [0.2, 0.25) is 0 Å². The minimum atomic E-state index is 0.844. The van der Waals surface area contributed by atoms with Gasteiger partial charge in [0, 0.05) is 12.2 Å². The molecule has 21 heavy (non-hydrogen) atoms. The molecule has 0 spiro atoms. The van der Waals surface area contributed by atoms with Crippen LogP contribution in [0.15, 0.2) is 55.0 Å². The Hall–Kier alpha value is -2.55. The number of imidazole rings is 1. The highest BCUT2D eigenvalue weighted by molar-refractivity contribution is 5.62. The zero-order valence-electron chi connectivity index (χ0n) is 12.4. The van der Waals surface area contributed by atoms with Crippen LogP contribution in [-0.4, -0.2) is 9.97 Å². The summed E-state index contributed by atoms with van der Waals surface area (Å²) in [6, 6.07) is 15.0. The summed E-state index contributed by atoms with van der Waals surface area (Å²) in [4.78, 5) is 7.16. The first-order chi connectivity index (χ1) is 10.2. The van der Waals surface area contributed by atoms with Gasteiger partial charge in [-0.05, 0) is 42.7 Å². The summed E-state index contributed by atoms with van der Waals surface area (Å²) in [6.07, 6.45) is 3.53. The summed E-state index contributed by atoms with van der Waals surface area (Å²) < 4.78 is 0. The van der Waals surface area contributed by atoms with Gasteiger partial charge in [0.15, 0.2) is 0 Å². The van der Waals surface area contributed by atoms with Gasteiger partial charge in [0.05, 0.1) is 18.2 Å². The Morgan fingerprint density at radius 3 is 2.57 bits per heavy atom. The highest BCUT2D eigenvalue weighted by atomic mass is 14.9. The van der Waals surface area contributed by atoms with Crippen molar-refractivity contribution in [3.05, 3.63) is 71.7 Å². The van der Waals surface area contributed by atoms with Crippen LogP contribution in [0.5, 0.6) is 0 Å². The first-order valence-corrected chi connectivity index (χ1v) is 7.11. The number of anilines is 1. The van der Waals surface area contributed by atoms with Crippen molar-refractivity contribution in [3.63, 3.8) is 0 Å². The summed E-state index contributed by atoms with van der Waals surface area (Å²) in [7, 11) is 0. The summed E-state index contributed by atoms with van der Waals surface area (Å²) in [5.41, 5.74) is 7.27. The molecule has 0 aliphatic heterocycles. The fourth-order valence-electron chi connectivity index (χ4n) is 2.37. The second kappa shape index (κ2) is 5.83. The number of aromatic nitrogens is 2. The third-order valence-corrected chi connectivity index (χ3v) is 3.68. The van der Waals surface area contributed by atoms with E-state index >= 15 is 0 Å². The Morgan fingerprint density at radius 1 is 1.05 bits per heavy atom. The Labute approximate surface area is 125 Å². The molecule has 3 aromatic rings. The number of hydrogen-bond donors (Lipinski definition) is 2. The molecular formula is C18H19N3. The molecule has 1 aromatic heterocycles. The lowest BCUT2D eigenvalue weighted by atomic mass is 10.1. The fourth-order valence-corrected chi connectivity index (χ4v) is 2.37. The molecule has 2 aromatic carbocycles. The third-order valence-electron chi connectivity index (χ3n) is 3.68. The summed E-state index contributed by atoms with van der Waals surface area (Å²) in [5.74, 6) is 0. The van der Waals surface area contributed by atoms with Crippen LogP contribution in [-0.2, 0) is 6.54 Å². The molecule has 0 bridgehead atoms. The van der Waals surface area contributed by atoms with Gasteiger partial charge in [-0.2, -0.15) is 0 Å². The Morgan fingerprint density at radius 2 is 1.86 bits per heavy atom. The lowest BCUT2D eigenvalue weighted by Crippen LogP contribution is -2.01. The molecule has 0 amide bonds. The van der Waals surface area contributed by atoms with Gasteiger partial charge in [-0.25, -0.2) is 4.98 Å². The van der Waals surface area contributed by atoms with Gasteiger partial charge in [-0.15, -0.1) is 0 Å². The number of benzene rings is 2. The molecule has 0 aliphatic rings. The number of nitrogens with one attached hydrogen (secondary N) is 2. The minimum absolute atomic E-state index is 0.844. The van der Waals surface area contributed by atoms with Gasteiger partial charge in [-0.3, -0.25) is 0 Å². The van der Waals surface area contributed by atoms with Crippen LogP contribution in [0.1, 0.15) is 16.7 Å². The van der Waals surface area contributed by atoms with E-state index in [0.717, 1.165) is 23.5 Å². The van der Waals surface area contributed by atoms with Gasteiger partial charge >= 0.3 is 0 Å². The van der Waals surface area contributed by atoms with Gasteiger partial charge < -0.3 is 10.3 Å². The molecule has 0 unspecified atom stereocenters. The summed E-state index contributed by atoms with van der Waals surface area (Å²) in [6.45, 7) is 5.12. The maximum Gasteiger partial charge on any atom is 0.0924 e. The standard InChI is InChI=1S/C18H19N3/c1-13-3-4-14(2)16(9-13)10-20-17-7-5-15(6-8-17)18-11-19-12-21-18/h3-9,11-12,20H,10H2,1-2H3,(H,19,21). The van der Waals surface area contributed by atoms with Gasteiger partial charge in [0.25, 0.3) is 0 Å². The minimum Gasteiger partial charge on any atom is -0.381 e. The molecular weight excluding hydrogens is 258 g/mol. The highest BCUT2D eigenvalue weighted by Crippen LogP contribution is 2.19. The van der Waals surface area contributed by atoms with Crippen molar-refractivity contribution in [1.82, 2.24) is 9.97 Å². The van der Waals surface area contributed by atoms with Crippen LogP contribution in [0.2, 0.25) is 0 Å². The smallest absolute Gasteiger partial charge is 0.0924 e. The highest BCUT2D eigenvalue weighted by Gasteiger charge is 2.01. The van der Waals surface area contributed by atoms with Crippen LogP contribution in [0, 0.1) is 13.8 Å². The maximum atomic E-state index is 4.04. The average molecular weight is 277 g/mol. The van der Waals surface area contributed by atoms with Crippen LogP contribution >= 0.6 is 0 Å². The number of hydrogen-bond acceptors (Lipinski definition) is 2. The van der Waals surface area contributed by atoms with Gasteiger partial charge in [0.1, 0.15) is 0 Å². The van der Waals surface area contributed by atoms with Crippen molar-refractivity contribution >= 4 is 5.69 Å². The van der Waals surface area contributed by atoms with E-state index in [1.54, 1.807) is 6.33 Å². The third kappa shape index (κ3) is 3.14. The molecule has 0 saturated carbocycles. The molecule has 3 heteroatoms. The number of H-pyrrole nitrogens is 1. The Balaban J connectivity index is 1.70. The van der Waals surface area contributed by atoms with E-state index in [1.807, 2.05) is 6.20 Å². The number of nitrogens with zero attached hydrogens (tertiary/aromatic N) is 1. The topological polar surface area (TPSA) is 40.7 Å². The molecule has 3 rings (SSSR count). The second-order valence-corrected chi connectivity index (χ2v) is 5.33. The van der Waals surface area contributed by atoms with Crippen molar-refractivity contribution in [1.29, 1.82) is 0 Å². The van der Waals surface area contributed by atoms with E-state index in [2.05, 4.69) is 71.6 Å². The maximum absolute atomic E-state index is 4.04. The first-order valence-electron chi connectivity index (χ1n) is 7.11. The molecule has 0 atom stereocenters. The van der Waals surface area contributed by atoms with E-state index in [-0.39, 0.29) is 0 Å². The number of aryl methyl sites for hydroxylation is 2. The Kier molecular flexibility index (Phi) is 3.73. The van der Waals surface area contributed by atoms with E-state index < -0.39 is 0 Å². The lowest BCUT2D eigenvalue weighted by Gasteiger charge is -2.10. The van der Waals surface area contributed by atoms with E-state index in [1.165, 1.54) is 16.7 Å². The zero-order valence-corrected chi connectivity index (χ0v) is 12.4. The average Bonchev–Trinajstić information content (AvgIpc) is 3.03. The van der Waals surface area contributed by atoms with E-state index in [4.69, 9.17) is 0 Å². The monoisotopic (exact) mass is 277 g/mol. The van der Waals surface area contributed by atoms with E-state index in [9.17, 15) is 0 Å². The van der Waals surface area contributed by atoms with E-state index in [0.29, 0.717) is 0 Å². The normalized spacial score (nSPS) is 10.6. The van der Waals surface area contributed by atoms with Crippen LogP contribution < -0.4 is 5.32 Å². The number of aromatic amines is 1. The largest absolute Gasteiger partial charge is 0.381 e. The summed E-state index contributed by atoms with van der Waals surface area (Å²) in [5, 5.41) is 3.48. The van der Waals surface area contributed by atoms with Crippen molar-refractivity contribution < 1.29 is 0 Å². The van der Waals surface area contributed by atoms with Crippen molar-refractivity contribution in [2.75, 3.05) is 5.32 Å². The molecule has 0 saturated heterocycles. The molecule has 1 heterocycles. The molecule has 3 nitrogen and oxygen atoms in total. The zero-order chi connectivity index (χ0) is 14.7. The molecule has 0 radical (unpaired) electrons. The van der Waals surface area contributed by atoms with Crippen molar-refractivity contribution in [2.45, 2.75) is 20.4 Å². The predicted octanol–water partition coefficient (Wildman–Crippen LogP) is 4.31. The number of rotatable bonds is 4. The molecule has 2 N–H and O–H groups in total. The first kappa shape index (κ1) is 13.4. The molecule has 0 fully saturated rings. The predicted molar refractivity (Wildman–Crippen MR) is 87.3 cm³/mol. The second-order valence-electron chi connectivity index (χ2n) is 5.33.